The summed E-state index contributed by atoms with van der Waals surface area (Å²) >= 11 is 6.99. The quantitative estimate of drug-likeness (QED) is 0.662. The van der Waals surface area contributed by atoms with Crippen LogP contribution in [0, 0.1) is 0 Å². The normalized spacial score (nSPS) is 13.8. The highest BCUT2D eigenvalue weighted by atomic mass is 35.5. The van der Waals surface area contributed by atoms with Crippen LogP contribution in [0.25, 0.3) is 4.96 Å². The molecule has 11 heteroatoms. The molecular formula is C8H9ClN4O4S2. The number of imidazole rings is 1. The number of fused-ring (bicyclic) bond motifs is 1. The number of amides is 1. The van der Waals surface area contributed by atoms with Crippen molar-refractivity contribution in [2.24, 2.45) is 5.73 Å². The SMILES string of the molecule is NC(=O)C(O)CNS(=O)(=O)c1c(Cl)nc2sccn12. The molecule has 19 heavy (non-hydrogen) atoms. The van der Waals surface area contributed by atoms with E-state index in [0.29, 0.717) is 4.96 Å². The summed E-state index contributed by atoms with van der Waals surface area (Å²) in [6.07, 6.45) is -0.114. The van der Waals surface area contributed by atoms with Gasteiger partial charge >= 0.3 is 0 Å². The van der Waals surface area contributed by atoms with Crippen LogP contribution in [-0.4, -0.2) is 41.5 Å². The van der Waals surface area contributed by atoms with E-state index in [-0.39, 0.29) is 10.2 Å². The van der Waals surface area contributed by atoms with E-state index in [4.69, 9.17) is 17.3 Å². The molecule has 4 N–H and O–H groups in total. The number of rotatable bonds is 5. The zero-order valence-electron chi connectivity index (χ0n) is 9.28. The number of carbonyl (C=O) groups is 1. The summed E-state index contributed by atoms with van der Waals surface area (Å²) in [5, 5.41) is 10.4. The van der Waals surface area contributed by atoms with Gasteiger partial charge in [-0.1, -0.05) is 11.6 Å². The van der Waals surface area contributed by atoms with Crippen molar-refractivity contribution < 1.29 is 18.3 Å². The van der Waals surface area contributed by atoms with Gasteiger partial charge in [-0.3, -0.25) is 9.20 Å². The molecule has 0 aliphatic rings. The molecule has 0 saturated heterocycles. The average Bonchev–Trinajstić information content (AvgIpc) is 2.84. The molecule has 0 aliphatic carbocycles. The lowest BCUT2D eigenvalue weighted by molar-refractivity contribution is -0.125. The van der Waals surface area contributed by atoms with Crippen molar-refractivity contribution >= 4 is 43.8 Å². The number of aromatic nitrogens is 2. The summed E-state index contributed by atoms with van der Waals surface area (Å²) in [6, 6.07) is 0. The highest BCUT2D eigenvalue weighted by Gasteiger charge is 2.26. The summed E-state index contributed by atoms with van der Waals surface area (Å²) < 4.78 is 27.4. The molecule has 0 aromatic carbocycles. The molecule has 0 aliphatic heterocycles. The number of carbonyl (C=O) groups excluding carboxylic acids is 1. The third-order valence-electron chi connectivity index (χ3n) is 2.23. The van der Waals surface area contributed by atoms with Gasteiger partial charge in [0.2, 0.25) is 5.91 Å². The predicted octanol–water partition coefficient (Wildman–Crippen LogP) is -0.826. The van der Waals surface area contributed by atoms with Crippen molar-refractivity contribution in [2.45, 2.75) is 11.1 Å². The van der Waals surface area contributed by atoms with Gasteiger partial charge in [-0.05, 0) is 0 Å². The molecule has 0 fully saturated rings. The minimum absolute atomic E-state index is 0.187. The summed E-state index contributed by atoms with van der Waals surface area (Å²) in [5.41, 5.74) is 4.82. The van der Waals surface area contributed by atoms with Crippen LogP contribution in [0.4, 0.5) is 0 Å². The first kappa shape index (κ1) is 14.2. The molecule has 1 amide bonds. The number of nitrogens with two attached hydrogens (primary N) is 1. The van der Waals surface area contributed by atoms with Crippen molar-refractivity contribution in [3.8, 4) is 0 Å². The van der Waals surface area contributed by atoms with Crippen LogP contribution < -0.4 is 10.5 Å². The van der Waals surface area contributed by atoms with E-state index in [9.17, 15) is 18.3 Å². The fraction of sp³-hybridized carbons (Fsp3) is 0.250. The Bertz CT molecular complexity index is 722. The molecular weight excluding hydrogens is 316 g/mol. The Morgan fingerprint density at radius 1 is 1.68 bits per heavy atom. The van der Waals surface area contributed by atoms with Gasteiger partial charge in [0, 0.05) is 18.1 Å². The average molecular weight is 325 g/mol. The molecule has 2 heterocycles. The van der Waals surface area contributed by atoms with Crippen LogP contribution in [0.3, 0.4) is 0 Å². The number of nitrogens with zero attached hydrogens (tertiary/aromatic N) is 2. The highest BCUT2D eigenvalue weighted by molar-refractivity contribution is 7.89. The molecule has 0 bridgehead atoms. The second kappa shape index (κ2) is 5.06. The van der Waals surface area contributed by atoms with E-state index >= 15 is 0 Å². The zero-order chi connectivity index (χ0) is 14.2. The Labute approximate surface area is 116 Å². The Morgan fingerprint density at radius 3 is 3.00 bits per heavy atom. The van der Waals surface area contributed by atoms with Crippen LogP contribution in [-0.2, 0) is 14.8 Å². The predicted molar refractivity (Wildman–Crippen MR) is 68.5 cm³/mol. The zero-order valence-corrected chi connectivity index (χ0v) is 11.7. The van der Waals surface area contributed by atoms with Crippen molar-refractivity contribution in [2.75, 3.05) is 6.54 Å². The fourth-order valence-electron chi connectivity index (χ4n) is 1.34. The Morgan fingerprint density at radius 2 is 2.37 bits per heavy atom. The van der Waals surface area contributed by atoms with Crippen LogP contribution in [0.15, 0.2) is 16.6 Å². The highest BCUT2D eigenvalue weighted by Crippen LogP contribution is 2.24. The van der Waals surface area contributed by atoms with E-state index in [1.165, 1.54) is 21.9 Å². The largest absolute Gasteiger partial charge is 0.382 e. The summed E-state index contributed by atoms with van der Waals surface area (Å²) in [4.78, 5) is 14.9. The van der Waals surface area contributed by atoms with E-state index in [1.54, 1.807) is 5.38 Å². The van der Waals surface area contributed by atoms with Gasteiger partial charge in [-0.15, -0.1) is 11.3 Å². The Balaban J connectivity index is 2.31. The van der Waals surface area contributed by atoms with Crippen molar-refractivity contribution in [1.29, 1.82) is 0 Å². The molecule has 0 spiro atoms. The van der Waals surface area contributed by atoms with Crippen LogP contribution in [0.2, 0.25) is 5.15 Å². The molecule has 0 saturated carbocycles. The topological polar surface area (TPSA) is 127 Å². The first-order valence-corrected chi connectivity index (χ1v) is 7.65. The number of nitrogens with one attached hydrogen (secondary N) is 1. The van der Waals surface area contributed by atoms with Crippen LogP contribution in [0.1, 0.15) is 0 Å². The van der Waals surface area contributed by atoms with E-state index in [1.807, 2.05) is 4.72 Å². The number of halogens is 1. The molecule has 104 valence electrons. The number of primary amides is 1. The van der Waals surface area contributed by atoms with E-state index in [0.717, 1.165) is 0 Å². The number of hydrogen-bond acceptors (Lipinski definition) is 6. The van der Waals surface area contributed by atoms with Crippen molar-refractivity contribution in [3.05, 3.63) is 16.7 Å². The van der Waals surface area contributed by atoms with Crippen LogP contribution >= 0.6 is 22.9 Å². The number of hydrogen-bond donors (Lipinski definition) is 3. The Hall–Kier alpha value is -1.20. The van der Waals surface area contributed by atoms with Gasteiger partial charge in [0.1, 0.15) is 6.10 Å². The molecule has 1 unspecified atom stereocenters. The fourth-order valence-corrected chi connectivity index (χ4v) is 3.82. The number of aliphatic hydroxyl groups is 1. The summed E-state index contributed by atoms with van der Waals surface area (Å²) in [7, 11) is -4.02. The molecule has 2 rings (SSSR count). The molecule has 8 nitrogen and oxygen atoms in total. The first-order valence-electron chi connectivity index (χ1n) is 4.91. The molecule has 2 aromatic heterocycles. The van der Waals surface area contributed by atoms with Gasteiger partial charge < -0.3 is 10.8 Å². The number of aliphatic hydroxyl groups excluding tert-OH is 1. The number of thiazole rings is 1. The lowest BCUT2D eigenvalue weighted by atomic mass is 10.3. The van der Waals surface area contributed by atoms with E-state index in [2.05, 4.69) is 4.98 Å². The third kappa shape index (κ3) is 2.72. The van der Waals surface area contributed by atoms with Crippen molar-refractivity contribution in [3.63, 3.8) is 0 Å². The molecule has 1 atom stereocenters. The maximum Gasteiger partial charge on any atom is 0.259 e. The molecule has 2 aromatic rings. The van der Waals surface area contributed by atoms with Gasteiger partial charge in [0.05, 0.1) is 0 Å². The standard InChI is InChI=1S/C8H9ClN4O4S2/c9-5-7(13-1-2-18-8(13)12-5)19(16,17)11-3-4(14)6(10)15/h1-2,4,11,14H,3H2,(H2,10,15). The van der Waals surface area contributed by atoms with E-state index < -0.39 is 28.6 Å². The smallest absolute Gasteiger partial charge is 0.259 e. The summed E-state index contributed by atoms with van der Waals surface area (Å²) in [6.45, 7) is -0.536. The maximum atomic E-state index is 12.0. The second-order valence-corrected chi connectivity index (χ2v) is 6.45. The van der Waals surface area contributed by atoms with Crippen molar-refractivity contribution in [1.82, 2.24) is 14.1 Å². The second-order valence-electron chi connectivity index (χ2n) is 3.53. The maximum absolute atomic E-state index is 12.0. The monoisotopic (exact) mass is 324 g/mol. The number of sulfonamides is 1. The third-order valence-corrected chi connectivity index (χ3v) is 4.81. The lowest BCUT2D eigenvalue weighted by Gasteiger charge is -2.08. The molecule has 0 radical (unpaired) electrons. The lowest BCUT2D eigenvalue weighted by Crippen LogP contribution is -2.40. The minimum Gasteiger partial charge on any atom is -0.382 e. The van der Waals surface area contributed by atoms with Gasteiger partial charge in [-0.2, -0.15) is 0 Å². The first-order chi connectivity index (χ1) is 8.83. The van der Waals surface area contributed by atoms with Gasteiger partial charge in [-0.25, -0.2) is 18.1 Å². The van der Waals surface area contributed by atoms with Gasteiger partial charge in [0.25, 0.3) is 10.0 Å². The van der Waals surface area contributed by atoms with Gasteiger partial charge in [0.15, 0.2) is 15.1 Å². The summed E-state index contributed by atoms with van der Waals surface area (Å²) in [5.74, 6) is -1.03. The van der Waals surface area contributed by atoms with Crippen LogP contribution in [0.5, 0.6) is 0 Å². The Kier molecular flexibility index (Phi) is 3.78. The minimum atomic E-state index is -4.02.